The minimum Gasteiger partial charge on any atom is -0.478 e. The molecule has 10 heteroatoms. The molecule has 26 heavy (non-hydrogen) atoms. The molecule has 7 nitrogen and oxygen atoms in total. The van der Waals surface area contributed by atoms with Gasteiger partial charge in [-0.15, -0.1) is 0 Å². The fraction of sp³-hybridized carbons (Fsp3) is 0.375. The molecule has 1 amide bonds. The average Bonchev–Trinajstić information content (AvgIpc) is 3.11. The first-order chi connectivity index (χ1) is 12.3. The lowest BCUT2D eigenvalue weighted by molar-refractivity contribution is -0.138. The first-order valence-corrected chi connectivity index (χ1v) is 7.86. The summed E-state index contributed by atoms with van der Waals surface area (Å²) in [4.78, 5) is 28.3. The zero-order chi connectivity index (χ0) is 18.9. The standard InChI is InChI=1S/C16H15F3N4O3/c17-16(18,19)12-2-1-5-20-13(12)14(24)22-6-3-11(4-7-22)23-9-10(8-21-23)15(25)26/h1-2,5,8-9,11H,3-4,6-7H2,(H,25,26). The molecule has 138 valence electrons. The van der Waals surface area contributed by atoms with Crippen LogP contribution in [-0.4, -0.2) is 49.7 Å². The van der Waals surface area contributed by atoms with Gasteiger partial charge in [-0.3, -0.25) is 14.5 Å². The number of carbonyl (C=O) groups is 2. The number of likely N-dealkylation sites (tertiary alicyclic amines) is 1. The van der Waals surface area contributed by atoms with Gasteiger partial charge >= 0.3 is 12.1 Å². The number of aromatic carboxylic acids is 1. The van der Waals surface area contributed by atoms with E-state index in [1.54, 1.807) is 0 Å². The van der Waals surface area contributed by atoms with Crippen LogP contribution < -0.4 is 0 Å². The Morgan fingerprint density at radius 3 is 2.50 bits per heavy atom. The van der Waals surface area contributed by atoms with Crippen molar-refractivity contribution in [2.24, 2.45) is 0 Å². The predicted molar refractivity (Wildman–Crippen MR) is 82.6 cm³/mol. The van der Waals surface area contributed by atoms with E-state index in [-0.39, 0.29) is 24.7 Å². The quantitative estimate of drug-likeness (QED) is 0.899. The van der Waals surface area contributed by atoms with Gasteiger partial charge in [-0.05, 0) is 25.0 Å². The van der Waals surface area contributed by atoms with Crippen LogP contribution in [0.4, 0.5) is 13.2 Å². The Morgan fingerprint density at radius 1 is 1.23 bits per heavy atom. The van der Waals surface area contributed by atoms with Crippen LogP contribution in [-0.2, 0) is 6.18 Å². The van der Waals surface area contributed by atoms with Crippen molar-refractivity contribution in [2.45, 2.75) is 25.1 Å². The fourth-order valence-corrected chi connectivity index (χ4v) is 2.94. The molecule has 2 aromatic rings. The van der Waals surface area contributed by atoms with E-state index in [4.69, 9.17) is 5.11 Å². The molecular formula is C16H15F3N4O3. The Morgan fingerprint density at radius 2 is 1.92 bits per heavy atom. The molecule has 1 aliphatic heterocycles. The van der Waals surface area contributed by atoms with Gasteiger partial charge in [0.1, 0.15) is 5.69 Å². The topological polar surface area (TPSA) is 88.3 Å². The van der Waals surface area contributed by atoms with E-state index in [9.17, 15) is 22.8 Å². The maximum absolute atomic E-state index is 13.1. The summed E-state index contributed by atoms with van der Waals surface area (Å²) in [6.07, 6.45) is 0.0714. The normalized spacial score (nSPS) is 15.9. The fourth-order valence-electron chi connectivity index (χ4n) is 2.94. The third kappa shape index (κ3) is 3.53. The van der Waals surface area contributed by atoms with Crippen molar-refractivity contribution in [1.82, 2.24) is 19.7 Å². The Bertz CT molecular complexity index is 826. The molecule has 0 unspecified atom stereocenters. The van der Waals surface area contributed by atoms with Gasteiger partial charge in [0, 0.05) is 25.5 Å². The molecule has 1 fully saturated rings. The van der Waals surface area contributed by atoms with Crippen LogP contribution in [0.1, 0.15) is 45.3 Å². The van der Waals surface area contributed by atoms with Crippen molar-refractivity contribution in [3.8, 4) is 0 Å². The summed E-state index contributed by atoms with van der Waals surface area (Å²) in [5.41, 5.74) is -1.59. The summed E-state index contributed by atoms with van der Waals surface area (Å²) < 4.78 is 40.7. The molecule has 0 bridgehead atoms. The van der Waals surface area contributed by atoms with Gasteiger partial charge in [0.2, 0.25) is 0 Å². The van der Waals surface area contributed by atoms with Crippen molar-refractivity contribution < 1.29 is 27.9 Å². The van der Waals surface area contributed by atoms with Gasteiger partial charge in [-0.2, -0.15) is 18.3 Å². The number of rotatable bonds is 3. The molecule has 2 aromatic heterocycles. The number of halogens is 3. The molecule has 0 atom stereocenters. The van der Waals surface area contributed by atoms with Crippen LogP contribution in [0.3, 0.4) is 0 Å². The highest BCUT2D eigenvalue weighted by molar-refractivity contribution is 5.94. The van der Waals surface area contributed by atoms with Crippen molar-refractivity contribution in [3.63, 3.8) is 0 Å². The van der Waals surface area contributed by atoms with Gasteiger partial charge in [0.15, 0.2) is 0 Å². The number of pyridine rings is 1. The third-order valence-corrected chi connectivity index (χ3v) is 4.29. The number of hydrogen-bond donors (Lipinski definition) is 1. The first kappa shape index (κ1) is 17.9. The zero-order valence-electron chi connectivity index (χ0n) is 13.5. The van der Waals surface area contributed by atoms with Crippen LogP contribution >= 0.6 is 0 Å². The van der Waals surface area contributed by atoms with Crippen LogP contribution in [0.2, 0.25) is 0 Å². The molecular weight excluding hydrogens is 353 g/mol. The monoisotopic (exact) mass is 368 g/mol. The van der Waals surface area contributed by atoms with E-state index >= 15 is 0 Å². The van der Waals surface area contributed by atoms with Crippen molar-refractivity contribution in [3.05, 3.63) is 47.5 Å². The van der Waals surface area contributed by atoms with E-state index in [1.165, 1.54) is 22.0 Å². The summed E-state index contributed by atoms with van der Waals surface area (Å²) in [5, 5.41) is 12.9. The molecule has 0 spiro atoms. The van der Waals surface area contributed by atoms with Crippen LogP contribution in [0.5, 0.6) is 0 Å². The van der Waals surface area contributed by atoms with E-state index in [1.807, 2.05) is 0 Å². The number of hydrogen-bond acceptors (Lipinski definition) is 4. The maximum atomic E-state index is 13.1. The highest BCUT2D eigenvalue weighted by Crippen LogP contribution is 2.32. The van der Waals surface area contributed by atoms with Crippen molar-refractivity contribution in [2.75, 3.05) is 13.1 Å². The molecule has 1 aliphatic rings. The van der Waals surface area contributed by atoms with Gasteiger partial charge in [0.05, 0.1) is 23.4 Å². The third-order valence-electron chi connectivity index (χ3n) is 4.29. The van der Waals surface area contributed by atoms with E-state index in [0.717, 1.165) is 18.3 Å². The SMILES string of the molecule is O=C(O)c1cnn(C2CCN(C(=O)c3ncccc3C(F)(F)F)CC2)c1. The first-order valence-electron chi connectivity index (χ1n) is 7.86. The molecule has 0 radical (unpaired) electrons. The summed E-state index contributed by atoms with van der Waals surface area (Å²) >= 11 is 0. The summed E-state index contributed by atoms with van der Waals surface area (Å²) in [5.74, 6) is -1.85. The number of piperidine rings is 1. The van der Waals surface area contributed by atoms with Gasteiger partial charge in [-0.1, -0.05) is 0 Å². The molecule has 1 saturated heterocycles. The number of alkyl halides is 3. The summed E-state index contributed by atoms with van der Waals surface area (Å²) in [6.45, 7) is 0.472. The molecule has 0 aromatic carbocycles. The Hall–Kier alpha value is -2.91. The van der Waals surface area contributed by atoms with Gasteiger partial charge in [0.25, 0.3) is 5.91 Å². The molecule has 3 heterocycles. The average molecular weight is 368 g/mol. The number of nitrogens with zero attached hydrogens (tertiary/aromatic N) is 4. The smallest absolute Gasteiger partial charge is 0.418 e. The van der Waals surface area contributed by atoms with Crippen LogP contribution in [0, 0.1) is 0 Å². The summed E-state index contributed by atoms with van der Waals surface area (Å²) in [6, 6.07) is 1.87. The molecule has 0 aliphatic carbocycles. The Labute approximate surface area is 146 Å². The zero-order valence-corrected chi connectivity index (χ0v) is 13.5. The van der Waals surface area contributed by atoms with Crippen molar-refractivity contribution in [1.29, 1.82) is 0 Å². The predicted octanol–water partition coefficient (Wildman–Crippen LogP) is 2.47. The molecule has 3 rings (SSSR count). The molecule has 0 saturated carbocycles. The molecule has 1 N–H and O–H groups in total. The highest BCUT2D eigenvalue weighted by Gasteiger charge is 2.37. The van der Waals surface area contributed by atoms with E-state index < -0.39 is 29.3 Å². The Balaban J connectivity index is 1.70. The lowest BCUT2D eigenvalue weighted by Gasteiger charge is -2.32. The summed E-state index contributed by atoms with van der Waals surface area (Å²) in [7, 11) is 0. The lowest BCUT2D eigenvalue weighted by atomic mass is 10.0. The maximum Gasteiger partial charge on any atom is 0.418 e. The Kier molecular flexibility index (Phi) is 4.66. The number of carboxylic acid groups (broad SMARTS) is 1. The minimum atomic E-state index is -4.65. The van der Waals surface area contributed by atoms with Gasteiger partial charge in [-0.25, -0.2) is 4.79 Å². The second-order valence-corrected chi connectivity index (χ2v) is 5.93. The second kappa shape index (κ2) is 6.77. The van der Waals surface area contributed by atoms with E-state index in [0.29, 0.717) is 12.8 Å². The van der Waals surface area contributed by atoms with Crippen LogP contribution in [0.25, 0.3) is 0 Å². The van der Waals surface area contributed by atoms with E-state index in [2.05, 4.69) is 10.1 Å². The lowest BCUT2D eigenvalue weighted by Crippen LogP contribution is -2.40. The van der Waals surface area contributed by atoms with Crippen LogP contribution in [0.15, 0.2) is 30.7 Å². The number of aromatic nitrogens is 3. The number of carboxylic acids is 1. The van der Waals surface area contributed by atoms with Gasteiger partial charge < -0.3 is 10.0 Å². The van der Waals surface area contributed by atoms with Crippen molar-refractivity contribution >= 4 is 11.9 Å². The minimum absolute atomic E-state index is 0.0619. The highest BCUT2D eigenvalue weighted by atomic mass is 19.4. The largest absolute Gasteiger partial charge is 0.478 e. The number of amides is 1. The second-order valence-electron chi connectivity index (χ2n) is 5.93. The number of carbonyl (C=O) groups excluding carboxylic acids is 1.